The molecule has 6 nitrogen and oxygen atoms in total. The molecule has 1 saturated carbocycles. The first-order chi connectivity index (χ1) is 12.6. The molecule has 0 bridgehead atoms. The smallest absolute Gasteiger partial charge is 0.226 e. The third-order valence-electron chi connectivity index (χ3n) is 7.49. The van der Waals surface area contributed by atoms with E-state index in [1.165, 1.54) is 12.8 Å². The number of carbonyl (C=O) groups excluding carboxylic acids is 2. The third-order valence-corrected chi connectivity index (χ3v) is 7.49. The Labute approximate surface area is 155 Å². The minimum Gasteiger partial charge on any atom is -0.380 e. The maximum Gasteiger partial charge on any atom is 0.226 e. The molecule has 0 radical (unpaired) electrons. The fraction of sp³-hybridized carbons (Fsp3) is 0.900. The van der Waals surface area contributed by atoms with Crippen LogP contribution in [0, 0.1) is 22.7 Å². The van der Waals surface area contributed by atoms with E-state index in [0.29, 0.717) is 0 Å². The molecule has 5 fully saturated rings. The summed E-state index contributed by atoms with van der Waals surface area (Å²) in [4.78, 5) is 30.3. The number of hydrogen-bond acceptors (Lipinski definition) is 4. The van der Waals surface area contributed by atoms with Crippen molar-refractivity contribution in [2.24, 2.45) is 22.7 Å². The van der Waals surface area contributed by atoms with Gasteiger partial charge in [-0.05, 0) is 38.5 Å². The average Bonchev–Trinajstić information content (AvgIpc) is 2.58. The second kappa shape index (κ2) is 6.20. The Bertz CT molecular complexity index is 547. The Balaban J connectivity index is 1.22. The highest BCUT2D eigenvalue weighted by Gasteiger charge is 2.50. The van der Waals surface area contributed by atoms with Crippen molar-refractivity contribution in [3.63, 3.8) is 0 Å². The minimum atomic E-state index is -0.0887. The molecule has 2 unspecified atom stereocenters. The van der Waals surface area contributed by atoms with Crippen LogP contribution in [0.3, 0.4) is 0 Å². The van der Waals surface area contributed by atoms with E-state index in [2.05, 4.69) is 0 Å². The van der Waals surface area contributed by atoms with Crippen LogP contribution in [0.25, 0.3) is 0 Å². The lowest BCUT2D eigenvalue weighted by atomic mass is 9.70. The molecule has 0 N–H and O–H groups in total. The number of piperidine rings is 2. The molecular weight excluding hydrogens is 332 g/mol. The number of ether oxygens (including phenoxy) is 2. The van der Waals surface area contributed by atoms with E-state index in [1.54, 1.807) is 0 Å². The highest BCUT2D eigenvalue weighted by atomic mass is 16.5. The van der Waals surface area contributed by atoms with Crippen LogP contribution in [0.5, 0.6) is 0 Å². The summed E-state index contributed by atoms with van der Waals surface area (Å²) in [7, 11) is 0. The molecule has 0 aromatic heterocycles. The van der Waals surface area contributed by atoms with E-state index >= 15 is 0 Å². The normalized spacial score (nSPS) is 34.8. The number of rotatable bonds is 2. The second-order valence-electron chi connectivity index (χ2n) is 9.50. The molecule has 1 aliphatic carbocycles. The predicted molar refractivity (Wildman–Crippen MR) is 94.3 cm³/mol. The van der Waals surface area contributed by atoms with E-state index in [-0.39, 0.29) is 34.5 Å². The molecule has 26 heavy (non-hydrogen) atoms. The fourth-order valence-corrected chi connectivity index (χ4v) is 5.60. The molecule has 4 saturated heterocycles. The molecule has 6 heteroatoms. The van der Waals surface area contributed by atoms with E-state index in [4.69, 9.17) is 9.47 Å². The summed E-state index contributed by atoms with van der Waals surface area (Å²) >= 11 is 0. The summed E-state index contributed by atoms with van der Waals surface area (Å²) in [5, 5.41) is 0. The Hall–Kier alpha value is -1.14. The van der Waals surface area contributed by atoms with Gasteiger partial charge in [-0.15, -0.1) is 0 Å². The molecule has 0 aromatic rings. The van der Waals surface area contributed by atoms with Gasteiger partial charge in [-0.2, -0.15) is 0 Å². The van der Waals surface area contributed by atoms with Crippen LogP contribution in [-0.4, -0.2) is 74.2 Å². The molecule has 144 valence electrons. The van der Waals surface area contributed by atoms with Gasteiger partial charge in [-0.25, -0.2) is 0 Å². The van der Waals surface area contributed by atoms with Gasteiger partial charge in [0.15, 0.2) is 0 Å². The van der Waals surface area contributed by atoms with Crippen LogP contribution in [-0.2, 0) is 19.1 Å². The van der Waals surface area contributed by atoms with Crippen molar-refractivity contribution in [3.8, 4) is 0 Å². The topological polar surface area (TPSA) is 59.1 Å². The summed E-state index contributed by atoms with van der Waals surface area (Å²) in [6.45, 7) is 6.53. The second-order valence-corrected chi connectivity index (χ2v) is 9.50. The van der Waals surface area contributed by atoms with Crippen molar-refractivity contribution in [1.82, 2.24) is 9.80 Å². The van der Waals surface area contributed by atoms with Gasteiger partial charge in [0.1, 0.15) is 0 Å². The van der Waals surface area contributed by atoms with Gasteiger partial charge in [0.2, 0.25) is 11.8 Å². The van der Waals surface area contributed by atoms with Gasteiger partial charge in [0.25, 0.3) is 0 Å². The van der Waals surface area contributed by atoms with Gasteiger partial charge in [0, 0.05) is 48.8 Å². The summed E-state index contributed by atoms with van der Waals surface area (Å²) in [6.07, 6.45) is 6.21. The van der Waals surface area contributed by atoms with Crippen LogP contribution in [0.4, 0.5) is 0 Å². The van der Waals surface area contributed by atoms with E-state index in [9.17, 15) is 9.59 Å². The Morgan fingerprint density at radius 3 is 1.46 bits per heavy atom. The number of hydrogen-bond donors (Lipinski definition) is 0. The van der Waals surface area contributed by atoms with Crippen molar-refractivity contribution >= 4 is 11.8 Å². The lowest BCUT2D eigenvalue weighted by molar-refractivity contribution is -0.173. The maximum absolute atomic E-state index is 13.1. The number of likely N-dealkylation sites (tertiary alicyclic amines) is 2. The highest BCUT2D eigenvalue weighted by molar-refractivity contribution is 5.89. The number of nitrogens with zero attached hydrogens (tertiary/aromatic N) is 2. The molecule has 2 amide bonds. The Kier molecular flexibility index (Phi) is 4.05. The van der Waals surface area contributed by atoms with Gasteiger partial charge in [-0.3, -0.25) is 9.59 Å². The Morgan fingerprint density at radius 2 is 1.15 bits per heavy atom. The Morgan fingerprint density at radius 1 is 0.731 bits per heavy atom. The molecule has 2 atom stereocenters. The predicted octanol–water partition coefficient (Wildman–Crippen LogP) is 1.29. The lowest BCUT2D eigenvalue weighted by Gasteiger charge is -2.51. The van der Waals surface area contributed by atoms with Crippen LogP contribution < -0.4 is 0 Å². The summed E-state index contributed by atoms with van der Waals surface area (Å²) in [5.41, 5.74) is 0.418. The number of amides is 2. The molecule has 2 spiro atoms. The van der Waals surface area contributed by atoms with Gasteiger partial charge in [0.05, 0.1) is 26.4 Å². The zero-order valence-electron chi connectivity index (χ0n) is 15.6. The van der Waals surface area contributed by atoms with E-state index in [1.807, 2.05) is 9.80 Å². The zero-order valence-corrected chi connectivity index (χ0v) is 15.6. The lowest BCUT2D eigenvalue weighted by Crippen LogP contribution is -2.60. The van der Waals surface area contributed by atoms with Gasteiger partial charge >= 0.3 is 0 Å². The molecule has 0 aromatic carbocycles. The molecule has 4 heterocycles. The fourth-order valence-electron chi connectivity index (χ4n) is 5.60. The monoisotopic (exact) mass is 362 g/mol. The third kappa shape index (κ3) is 2.68. The van der Waals surface area contributed by atoms with Crippen molar-refractivity contribution in [3.05, 3.63) is 0 Å². The first-order valence-electron chi connectivity index (χ1n) is 10.3. The van der Waals surface area contributed by atoms with Crippen LogP contribution in [0.2, 0.25) is 0 Å². The molecule has 5 rings (SSSR count). The van der Waals surface area contributed by atoms with Crippen LogP contribution >= 0.6 is 0 Å². The first kappa shape index (κ1) is 17.0. The van der Waals surface area contributed by atoms with E-state index < -0.39 is 0 Å². The summed E-state index contributed by atoms with van der Waals surface area (Å²) in [6, 6.07) is 0. The zero-order chi connectivity index (χ0) is 17.8. The molecular formula is C20H30N2O4. The standard InChI is InChI=1S/C20H30N2O4/c23-17(21-7-1-5-19(9-21)11-25-12-19)15-3-4-16(15)18(24)22-8-2-6-20(10-22)13-26-14-20/h15-16H,1-14H2. The maximum atomic E-state index is 13.1. The first-order valence-corrected chi connectivity index (χ1v) is 10.3. The quantitative estimate of drug-likeness (QED) is 0.743. The number of carbonyl (C=O) groups is 2. The highest BCUT2D eigenvalue weighted by Crippen LogP contribution is 2.43. The van der Waals surface area contributed by atoms with Crippen molar-refractivity contribution < 1.29 is 19.1 Å². The molecule has 5 aliphatic rings. The van der Waals surface area contributed by atoms with Gasteiger partial charge < -0.3 is 19.3 Å². The average molecular weight is 362 g/mol. The van der Waals surface area contributed by atoms with E-state index in [0.717, 1.165) is 78.3 Å². The van der Waals surface area contributed by atoms with Crippen molar-refractivity contribution in [2.75, 3.05) is 52.6 Å². The van der Waals surface area contributed by atoms with Crippen molar-refractivity contribution in [1.29, 1.82) is 0 Å². The summed E-state index contributed by atoms with van der Waals surface area (Å²) < 4.78 is 10.8. The summed E-state index contributed by atoms with van der Waals surface area (Å²) in [5.74, 6) is 0.266. The van der Waals surface area contributed by atoms with Gasteiger partial charge in [-0.1, -0.05) is 0 Å². The largest absolute Gasteiger partial charge is 0.380 e. The molecule has 4 aliphatic heterocycles. The van der Waals surface area contributed by atoms with Crippen molar-refractivity contribution in [2.45, 2.75) is 38.5 Å². The van der Waals surface area contributed by atoms with Crippen LogP contribution in [0.15, 0.2) is 0 Å². The SMILES string of the molecule is O=C(C1CCC1C(=O)N1CCCC2(COC2)C1)N1CCCC2(COC2)C1. The van der Waals surface area contributed by atoms with Crippen LogP contribution in [0.1, 0.15) is 38.5 Å². The minimum absolute atomic E-state index is 0.0887.